The van der Waals surface area contributed by atoms with Crippen molar-refractivity contribution in [1.29, 1.82) is 0 Å². The number of rotatable bonds is 7. The number of sulfonamides is 1. The Morgan fingerprint density at radius 2 is 1.94 bits per heavy atom. The third kappa shape index (κ3) is 5.26. The molecule has 1 aliphatic heterocycles. The van der Waals surface area contributed by atoms with Crippen molar-refractivity contribution in [2.24, 2.45) is 11.8 Å². The van der Waals surface area contributed by atoms with Gasteiger partial charge in [0, 0.05) is 44.4 Å². The normalized spacial score (nSPS) is 23.2. The molecular formula is C25H33N3O5S. The number of amides is 1. The summed E-state index contributed by atoms with van der Waals surface area (Å²) in [5.41, 5.74) is 1.70. The van der Waals surface area contributed by atoms with E-state index in [2.05, 4.69) is 4.98 Å². The summed E-state index contributed by atoms with van der Waals surface area (Å²) >= 11 is 0. The minimum Gasteiger partial charge on any atom is -0.487 e. The average molecular weight is 488 g/mol. The van der Waals surface area contributed by atoms with Crippen LogP contribution in [0.2, 0.25) is 0 Å². The maximum absolute atomic E-state index is 13.6. The maximum Gasteiger partial charge on any atom is 0.247 e. The Labute approximate surface area is 201 Å². The third-order valence-electron chi connectivity index (χ3n) is 6.72. The van der Waals surface area contributed by atoms with Gasteiger partial charge in [-0.1, -0.05) is 13.0 Å². The second kappa shape index (κ2) is 10.0. The van der Waals surface area contributed by atoms with Gasteiger partial charge in [-0.05, 0) is 61.1 Å². The Kier molecular flexibility index (Phi) is 7.25. The molecule has 2 aromatic rings. The van der Waals surface area contributed by atoms with Crippen molar-refractivity contribution in [3.8, 4) is 16.9 Å². The van der Waals surface area contributed by atoms with Gasteiger partial charge in [-0.2, -0.15) is 4.31 Å². The first-order valence-corrected chi connectivity index (χ1v) is 13.2. The minimum absolute atomic E-state index is 0.0643. The number of hydrogen-bond donors (Lipinski definition) is 1. The smallest absolute Gasteiger partial charge is 0.247 e. The molecule has 0 saturated heterocycles. The Morgan fingerprint density at radius 1 is 1.24 bits per heavy atom. The molecule has 3 atom stereocenters. The van der Waals surface area contributed by atoms with Crippen molar-refractivity contribution in [1.82, 2.24) is 14.2 Å². The van der Waals surface area contributed by atoms with Crippen molar-refractivity contribution >= 4 is 15.9 Å². The van der Waals surface area contributed by atoms with Gasteiger partial charge in [-0.3, -0.25) is 9.78 Å². The average Bonchev–Trinajstić information content (AvgIpc) is 3.65. The third-order valence-corrected chi connectivity index (χ3v) is 8.74. The van der Waals surface area contributed by atoms with E-state index in [4.69, 9.17) is 4.74 Å². The number of carbonyl (C=O) groups is 1. The van der Waals surface area contributed by atoms with E-state index in [0.29, 0.717) is 18.9 Å². The van der Waals surface area contributed by atoms with Gasteiger partial charge in [0.25, 0.3) is 0 Å². The molecule has 1 fully saturated rings. The van der Waals surface area contributed by atoms with Crippen LogP contribution in [0.4, 0.5) is 0 Å². The molecule has 0 unspecified atom stereocenters. The number of carbonyl (C=O) groups excluding carboxylic acids is 1. The topological polar surface area (TPSA) is 100 Å². The summed E-state index contributed by atoms with van der Waals surface area (Å²) in [7, 11) is -2.13. The quantitative estimate of drug-likeness (QED) is 0.645. The lowest BCUT2D eigenvalue weighted by Gasteiger charge is -2.37. The lowest BCUT2D eigenvalue weighted by molar-refractivity contribution is -0.131. The van der Waals surface area contributed by atoms with Crippen LogP contribution in [0.15, 0.2) is 47.6 Å². The van der Waals surface area contributed by atoms with E-state index in [1.807, 2.05) is 19.1 Å². The number of aliphatic hydroxyl groups excluding tert-OH is 1. The van der Waals surface area contributed by atoms with Crippen LogP contribution in [0.5, 0.6) is 5.75 Å². The maximum atomic E-state index is 13.6. The fraction of sp³-hybridized carbons (Fsp3) is 0.520. The summed E-state index contributed by atoms with van der Waals surface area (Å²) in [6, 6.07) is 8.16. The highest BCUT2D eigenvalue weighted by molar-refractivity contribution is 7.89. The van der Waals surface area contributed by atoms with Crippen molar-refractivity contribution in [3.05, 3.63) is 42.7 Å². The Bertz CT molecular complexity index is 1120. The highest BCUT2D eigenvalue weighted by Crippen LogP contribution is 2.37. The van der Waals surface area contributed by atoms with Gasteiger partial charge in [0.1, 0.15) is 16.7 Å². The van der Waals surface area contributed by atoms with Crippen molar-refractivity contribution in [2.45, 2.75) is 50.2 Å². The van der Waals surface area contributed by atoms with Crippen molar-refractivity contribution in [2.75, 3.05) is 26.7 Å². The zero-order chi connectivity index (χ0) is 24.5. The van der Waals surface area contributed by atoms with Crippen molar-refractivity contribution < 1.29 is 23.1 Å². The van der Waals surface area contributed by atoms with Gasteiger partial charge in [-0.15, -0.1) is 0 Å². The van der Waals surface area contributed by atoms with Crippen LogP contribution in [0.3, 0.4) is 0 Å². The largest absolute Gasteiger partial charge is 0.487 e. The molecule has 0 spiro atoms. The molecule has 2 aliphatic rings. The standard InChI is InChI=1S/C25H33N3O5S/c1-17-14-28(18(2)16-29)34(31,32)24-7-6-21(20-8-10-26-11-9-20)13-22(24)33-23(17)15-27(3)25(30)12-19-4-5-19/h6-11,13,17-19,23,29H,4-5,12,14-16H2,1-3H3/t17-,18-,23-/m0/s1. The second-order valence-electron chi connectivity index (χ2n) is 9.56. The first kappa shape index (κ1) is 24.6. The van der Waals surface area contributed by atoms with Gasteiger partial charge < -0.3 is 14.7 Å². The molecule has 8 nitrogen and oxygen atoms in total. The predicted octanol–water partition coefficient (Wildman–Crippen LogP) is 2.78. The number of likely N-dealkylation sites (N-methyl/N-ethyl adjacent to an activating group) is 1. The molecule has 0 bridgehead atoms. The van der Waals surface area contributed by atoms with Gasteiger partial charge in [0.15, 0.2) is 0 Å². The predicted molar refractivity (Wildman–Crippen MR) is 129 cm³/mol. The molecule has 1 N–H and O–H groups in total. The van der Waals surface area contributed by atoms with Crippen LogP contribution in [0.25, 0.3) is 11.1 Å². The Morgan fingerprint density at radius 3 is 2.59 bits per heavy atom. The number of aromatic nitrogens is 1. The fourth-order valence-electron chi connectivity index (χ4n) is 4.26. The first-order valence-electron chi connectivity index (χ1n) is 11.8. The van der Waals surface area contributed by atoms with E-state index >= 15 is 0 Å². The van der Waals surface area contributed by atoms with Gasteiger partial charge >= 0.3 is 0 Å². The summed E-state index contributed by atoms with van der Waals surface area (Å²) in [6.07, 6.45) is 5.70. The summed E-state index contributed by atoms with van der Waals surface area (Å²) in [5.74, 6) is 0.612. The van der Waals surface area contributed by atoms with Crippen LogP contribution in [-0.2, 0) is 14.8 Å². The highest BCUT2D eigenvalue weighted by atomic mass is 32.2. The zero-order valence-corrected chi connectivity index (χ0v) is 20.7. The van der Waals surface area contributed by atoms with Crippen LogP contribution in [0, 0.1) is 11.8 Å². The molecule has 1 aliphatic carbocycles. The van der Waals surface area contributed by atoms with Crippen LogP contribution in [0.1, 0.15) is 33.1 Å². The second-order valence-corrected chi connectivity index (χ2v) is 11.4. The summed E-state index contributed by atoms with van der Waals surface area (Å²) < 4.78 is 34.9. The zero-order valence-electron chi connectivity index (χ0n) is 19.9. The summed E-state index contributed by atoms with van der Waals surface area (Å²) in [4.78, 5) is 18.5. The molecule has 184 valence electrons. The molecule has 1 aromatic carbocycles. The lowest BCUT2D eigenvalue weighted by atomic mass is 10.0. The number of hydrogen-bond acceptors (Lipinski definition) is 6. The number of pyridine rings is 1. The van der Waals surface area contributed by atoms with E-state index < -0.39 is 22.2 Å². The molecule has 2 heterocycles. The van der Waals surface area contributed by atoms with Gasteiger partial charge in [0.2, 0.25) is 15.9 Å². The van der Waals surface area contributed by atoms with E-state index in [1.165, 1.54) is 4.31 Å². The SMILES string of the molecule is C[C@H]1CN([C@@H](C)CO)S(=O)(=O)c2ccc(-c3ccncc3)cc2O[C@H]1CN(C)C(=O)CC1CC1. The molecular weight excluding hydrogens is 454 g/mol. The van der Waals surface area contributed by atoms with Gasteiger partial charge in [-0.25, -0.2) is 8.42 Å². The van der Waals surface area contributed by atoms with Gasteiger partial charge in [0.05, 0.1) is 13.2 Å². The molecule has 34 heavy (non-hydrogen) atoms. The number of nitrogens with zero attached hydrogens (tertiary/aromatic N) is 3. The van der Waals surface area contributed by atoms with Crippen LogP contribution in [-0.4, -0.2) is 72.5 Å². The van der Waals surface area contributed by atoms with Crippen LogP contribution >= 0.6 is 0 Å². The number of benzene rings is 1. The first-order chi connectivity index (χ1) is 16.2. The summed E-state index contributed by atoms with van der Waals surface area (Å²) in [5, 5.41) is 9.79. The summed E-state index contributed by atoms with van der Waals surface area (Å²) in [6.45, 7) is 3.87. The Hall–Kier alpha value is -2.49. The number of aliphatic hydroxyl groups is 1. The minimum atomic E-state index is -3.91. The number of ether oxygens (including phenoxy) is 1. The van der Waals surface area contributed by atoms with Crippen LogP contribution < -0.4 is 4.74 Å². The Balaban J connectivity index is 1.72. The molecule has 4 rings (SSSR count). The molecule has 1 aromatic heterocycles. The fourth-order valence-corrected chi connectivity index (χ4v) is 6.09. The highest BCUT2D eigenvalue weighted by Gasteiger charge is 2.38. The lowest BCUT2D eigenvalue weighted by Crippen LogP contribution is -2.50. The molecule has 9 heteroatoms. The van der Waals surface area contributed by atoms with E-state index in [0.717, 1.165) is 24.0 Å². The molecule has 1 saturated carbocycles. The number of fused-ring (bicyclic) bond motifs is 1. The van der Waals surface area contributed by atoms with E-state index in [9.17, 15) is 18.3 Å². The van der Waals surface area contributed by atoms with Crippen molar-refractivity contribution in [3.63, 3.8) is 0 Å². The molecule has 1 amide bonds. The molecule has 0 radical (unpaired) electrons. The van der Waals surface area contributed by atoms with E-state index in [-0.39, 0.29) is 35.6 Å². The van der Waals surface area contributed by atoms with E-state index in [1.54, 1.807) is 49.5 Å². The monoisotopic (exact) mass is 487 g/mol.